The molecule has 8 unspecified atom stereocenters. The SMILES string of the molecule is CCCCCCCCOP(=O)(O)C(O)P(=O)(O)O.CCCCCCCCOP(=O)(O)C(O)P(=O)(O)O.CCCCCCCCOP(=O)(O)C(O)P(=O)(O)O.CCCCCCCCOP(=O)(O)C(O)P(=O)(O)O.[NaH].[NaH].[NaH].[NaH]. The van der Waals surface area contributed by atoms with Gasteiger partial charge in [0.1, 0.15) is 0 Å². The maximum atomic E-state index is 11.3. The Balaban J connectivity index is -0.000000133. The molecule has 40 heteroatoms. The van der Waals surface area contributed by atoms with Crippen LogP contribution in [-0.4, -0.2) is 246 Å². The van der Waals surface area contributed by atoms with E-state index in [1.54, 1.807) is 0 Å². The van der Waals surface area contributed by atoms with E-state index in [0.717, 1.165) is 128 Å². The Kier molecular flexibility index (Phi) is 68.0. The molecule has 0 amide bonds. The molecule has 0 aromatic rings. The predicted octanol–water partition coefficient (Wildman–Crippen LogP) is 5.42. The quantitative estimate of drug-likeness (QED) is 0.0207. The molecule has 448 valence electrons. The third kappa shape index (κ3) is 55.6. The van der Waals surface area contributed by atoms with Gasteiger partial charge in [-0.3, -0.25) is 36.5 Å². The van der Waals surface area contributed by atoms with E-state index in [4.69, 9.17) is 79.1 Å². The first-order chi connectivity index (χ1) is 32.9. The van der Waals surface area contributed by atoms with E-state index >= 15 is 0 Å². The molecule has 0 fully saturated rings. The van der Waals surface area contributed by atoms with Gasteiger partial charge in [-0.15, -0.1) is 0 Å². The van der Waals surface area contributed by atoms with Crippen molar-refractivity contribution in [2.75, 3.05) is 26.4 Å². The first-order valence-corrected chi connectivity index (χ1v) is 37.0. The van der Waals surface area contributed by atoms with Gasteiger partial charge < -0.3 is 97.2 Å². The summed E-state index contributed by atoms with van der Waals surface area (Å²) in [4.78, 5) is 105. The zero-order chi connectivity index (χ0) is 56.9. The molecule has 0 spiro atoms. The monoisotopic (exact) mass is 1310 g/mol. The number of rotatable bonds is 40. The number of aliphatic hydroxyl groups excluding tert-OH is 4. The van der Waals surface area contributed by atoms with Crippen LogP contribution < -0.4 is 0 Å². The van der Waals surface area contributed by atoms with Crippen LogP contribution in [0.5, 0.6) is 0 Å². The molecular weight excluding hydrogens is 1220 g/mol. The van der Waals surface area contributed by atoms with Crippen LogP contribution in [0.15, 0.2) is 0 Å². The van der Waals surface area contributed by atoms with Crippen molar-refractivity contribution in [1.29, 1.82) is 0 Å². The van der Waals surface area contributed by atoms with Gasteiger partial charge in [-0.1, -0.05) is 156 Å². The van der Waals surface area contributed by atoms with Crippen LogP contribution in [0, 0.1) is 0 Å². The van der Waals surface area contributed by atoms with Crippen molar-refractivity contribution in [3.8, 4) is 0 Å². The Labute approximate surface area is 537 Å². The molecule has 0 aromatic carbocycles. The normalized spacial score (nSPS) is 16.5. The zero-order valence-electron chi connectivity index (χ0n) is 41.7. The Morgan fingerprint density at radius 1 is 0.250 bits per heavy atom. The van der Waals surface area contributed by atoms with E-state index in [1.165, 1.54) is 0 Å². The van der Waals surface area contributed by atoms with Gasteiger partial charge in [0.2, 0.25) is 0 Å². The Hall–Kier alpha value is 5.04. The predicted molar refractivity (Wildman–Crippen MR) is 297 cm³/mol. The van der Waals surface area contributed by atoms with E-state index in [1.807, 2.05) is 0 Å². The molecule has 0 aliphatic rings. The first kappa shape index (κ1) is 97.3. The summed E-state index contributed by atoms with van der Waals surface area (Å²) in [6.07, 6.45) is 22.6. The van der Waals surface area contributed by atoms with E-state index in [2.05, 4.69) is 45.8 Å². The van der Waals surface area contributed by atoms with Crippen molar-refractivity contribution in [1.82, 2.24) is 0 Å². The second kappa shape index (κ2) is 53.1. The fourth-order valence-corrected chi connectivity index (χ4v) is 14.3. The summed E-state index contributed by atoms with van der Waals surface area (Å²) in [6.45, 7) is 7.97. The molecule has 76 heavy (non-hydrogen) atoms. The van der Waals surface area contributed by atoms with Gasteiger partial charge in [0, 0.05) is 0 Å². The van der Waals surface area contributed by atoms with Crippen LogP contribution in [0.2, 0.25) is 0 Å². The van der Waals surface area contributed by atoms with Crippen molar-refractivity contribution < 1.29 is 134 Å². The third-order valence-corrected chi connectivity index (χ3v) is 23.5. The summed E-state index contributed by atoms with van der Waals surface area (Å²) in [5.74, 6) is 0. The van der Waals surface area contributed by atoms with Crippen LogP contribution in [0.3, 0.4) is 0 Å². The third-order valence-electron chi connectivity index (χ3n) is 9.47. The molecule has 0 aliphatic carbocycles. The molecule has 8 atom stereocenters. The molecule has 0 saturated heterocycles. The van der Waals surface area contributed by atoms with Gasteiger partial charge in [0.05, 0.1) is 26.4 Å². The molecule has 0 radical (unpaired) electrons. The van der Waals surface area contributed by atoms with Gasteiger partial charge in [-0.05, 0) is 25.7 Å². The average Bonchev–Trinajstić information content (AvgIpc) is 3.26. The van der Waals surface area contributed by atoms with Crippen LogP contribution in [0.4, 0.5) is 0 Å². The second-order valence-electron chi connectivity index (χ2n) is 16.4. The Morgan fingerprint density at radius 3 is 0.487 bits per heavy atom. The van der Waals surface area contributed by atoms with Gasteiger partial charge in [-0.25, -0.2) is 0 Å². The van der Waals surface area contributed by atoms with Gasteiger partial charge in [0.15, 0.2) is 0 Å². The first-order valence-electron chi connectivity index (χ1n) is 23.7. The van der Waals surface area contributed by atoms with Crippen LogP contribution in [0.1, 0.15) is 182 Å². The summed E-state index contributed by atoms with van der Waals surface area (Å²) in [7, 11) is -38.8. The minimum atomic E-state index is -5.03. The molecule has 0 heterocycles. The van der Waals surface area contributed by atoms with Crippen molar-refractivity contribution in [3.05, 3.63) is 0 Å². The Bertz CT molecular complexity index is 1530. The maximum absolute atomic E-state index is 11.3. The molecule has 0 saturated carbocycles. The topological polar surface area (TPSA) is 497 Å². The molecule has 28 nitrogen and oxygen atoms in total. The molecule has 16 N–H and O–H groups in total. The molecular formula is C36H92Na4O28P8. The van der Waals surface area contributed by atoms with Crippen molar-refractivity contribution in [2.45, 2.75) is 204 Å². The van der Waals surface area contributed by atoms with E-state index in [-0.39, 0.29) is 145 Å². The number of unbranched alkanes of at least 4 members (excludes halogenated alkanes) is 20. The van der Waals surface area contributed by atoms with Crippen molar-refractivity contribution >= 4 is 179 Å². The summed E-state index contributed by atoms with van der Waals surface area (Å²) in [5, 5.41) is 35.9. The summed E-state index contributed by atoms with van der Waals surface area (Å²) < 4.78 is 106. The average molecular weight is 1310 g/mol. The number of hydrogen-bond acceptors (Lipinski definition) is 16. The standard InChI is InChI=1S/4C9H22O7P2.4Na.4H/c4*1-2-3-4-5-6-7-8-16-18(14,15)9(10)17(11,12)13;;;;;;;;/h4*9-10H,2-8H2,1H3,(H,14,15)(H2,11,12,13);;;;;;;;. The van der Waals surface area contributed by atoms with Crippen LogP contribution in [-0.2, 0) is 54.6 Å². The van der Waals surface area contributed by atoms with Gasteiger partial charge >= 0.3 is 179 Å². The van der Waals surface area contributed by atoms with E-state index < -0.39 is 83.1 Å². The Morgan fingerprint density at radius 2 is 0.368 bits per heavy atom. The van der Waals surface area contributed by atoms with Crippen LogP contribution in [0.25, 0.3) is 0 Å². The van der Waals surface area contributed by atoms with Gasteiger partial charge in [0.25, 0.3) is 22.3 Å². The van der Waals surface area contributed by atoms with Gasteiger partial charge in [-0.2, -0.15) is 0 Å². The fourth-order valence-electron chi connectivity index (χ4n) is 5.34. The summed E-state index contributed by atoms with van der Waals surface area (Å²) in [5.41, 5.74) is -10.6. The molecule has 0 aliphatic heterocycles. The molecule has 0 rings (SSSR count). The molecule has 0 aromatic heterocycles. The van der Waals surface area contributed by atoms with E-state index in [0.29, 0.717) is 25.7 Å². The molecule has 0 bridgehead atoms. The zero-order valence-corrected chi connectivity index (χ0v) is 48.9. The number of aliphatic hydroxyl groups is 4. The summed E-state index contributed by atoms with van der Waals surface area (Å²) >= 11 is 0. The minimum absolute atomic E-state index is 0. The number of hydrogen-bond donors (Lipinski definition) is 16. The summed E-state index contributed by atoms with van der Waals surface area (Å²) in [6, 6.07) is 0. The van der Waals surface area contributed by atoms with Crippen molar-refractivity contribution in [2.24, 2.45) is 0 Å². The van der Waals surface area contributed by atoms with E-state index in [9.17, 15) is 36.5 Å². The second-order valence-corrected chi connectivity index (χ2v) is 32.2. The van der Waals surface area contributed by atoms with Crippen molar-refractivity contribution in [3.63, 3.8) is 0 Å². The fraction of sp³-hybridized carbons (Fsp3) is 1.00. The van der Waals surface area contributed by atoms with Crippen LogP contribution >= 0.6 is 60.8 Å².